The fourth-order valence-electron chi connectivity index (χ4n) is 3.47. The minimum Gasteiger partial charge on any atom is -0.352 e. The fourth-order valence-corrected chi connectivity index (χ4v) is 5.13. The minimum atomic E-state index is -3.92. The molecular weight excluding hydrogens is 396 g/mol. The first-order valence-corrected chi connectivity index (χ1v) is 11.4. The number of anilines is 1. The minimum absolute atomic E-state index is 0.0740. The van der Waals surface area contributed by atoms with E-state index in [2.05, 4.69) is 10.0 Å². The monoisotopic (exact) mass is 420 g/mol. The summed E-state index contributed by atoms with van der Waals surface area (Å²) in [5, 5.41) is 3.00. The van der Waals surface area contributed by atoms with Crippen molar-refractivity contribution in [2.24, 2.45) is 5.92 Å². The van der Waals surface area contributed by atoms with Crippen molar-refractivity contribution in [1.82, 2.24) is 5.32 Å². The molecule has 1 saturated carbocycles. The van der Waals surface area contributed by atoms with Gasteiger partial charge in [0.05, 0.1) is 10.7 Å². The van der Waals surface area contributed by atoms with Gasteiger partial charge in [0.2, 0.25) is 0 Å². The molecule has 0 spiro atoms. The second-order valence-corrected chi connectivity index (χ2v) is 9.34. The van der Waals surface area contributed by atoms with Crippen molar-refractivity contribution < 1.29 is 13.2 Å². The molecule has 1 amide bonds. The van der Waals surface area contributed by atoms with Crippen LogP contribution < -0.4 is 10.0 Å². The zero-order valence-corrected chi connectivity index (χ0v) is 17.4. The smallest absolute Gasteiger partial charge is 0.263 e. The number of carbonyl (C=O) groups is 1. The van der Waals surface area contributed by atoms with Crippen molar-refractivity contribution in [2.75, 3.05) is 11.3 Å². The van der Waals surface area contributed by atoms with E-state index in [1.54, 1.807) is 18.2 Å². The molecule has 5 nitrogen and oxygen atoms in total. The highest BCUT2D eigenvalue weighted by Crippen LogP contribution is 2.27. The zero-order valence-electron chi connectivity index (χ0n) is 15.9. The Morgan fingerprint density at radius 1 is 1.11 bits per heavy atom. The molecule has 0 bridgehead atoms. The lowest BCUT2D eigenvalue weighted by Gasteiger charge is -2.21. The number of carbonyl (C=O) groups excluding carboxylic acids is 1. The normalized spacial score (nSPS) is 15.2. The zero-order chi connectivity index (χ0) is 20.1. The van der Waals surface area contributed by atoms with Gasteiger partial charge in [0.25, 0.3) is 15.9 Å². The van der Waals surface area contributed by atoms with Crippen LogP contribution in [0.15, 0.2) is 47.4 Å². The van der Waals surface area contributed by atoms with Crippen LogP contribution >= 0.6 is 11.6 Å². The van der Waals surface area contributed by atoms with Crippen molar-refractivity contribution in [3.05, 3.63) is 58.6 Å². The third kappa shape index (κ3) is 5.06. The molecule has 1 fully saturated rings. The molecule has 2 aromatic rings. The fraction of sp³-hybridized carbons (Fsp3) is 0.381. The van der Waals surface area contributed by atoms with Crippen molar-refractivity contribution in [1.29, 1.82) is 0 Å². The summed E-state index contributed by atoms with van der Waals surface area (Å²) >= 11 is 6.14. The number of benzene rings is 2. The van der Waals surface area contributed by atoms with Crippen molar-refractivity contribution in [3.63, 3.8) is 0 Å². The molecule has 28 heavy (non-hydrogen) atoms. The Morgan fingerprint density at radius 2 is 1.82 bits per heavy atom. The van der Waals surface area contributed by atoms with Gasteiger partial charge in [-0.1, -0.05) is 49.1 Å². The molecule has 0 radical (unpaired) electrons. The Kier molecular flexibility index (Phi) is 6.62. The molecule has 0 heterocycles. The van der Waals surface area contributed by atoms with Crippen LogP contribution in [0.1, 0.15) is 48.0 Å². The first-order valence-electron chi connectivity index (χ1n) is 9.53. The van der Waals surface area contributed by atoms with Gasteiger partial charge in [-0.15, -0.1) is 0 Å². The molecule has 3 rings (SSSR count). The van der Waals surface area contributed by atoms with Crippen LogP contribution in [0, 0.1) is 12.8 Å². The Labute approximate surface area is 171 Å². The van der Waals surface area contributed by atoms with Gasteiger partial charge in [-0.05, 0) is 55.5 Å². The molecule has 1 aliphatic rings. The lowest BCUT2D eigenvalue weighted by molar-refractivity contribution is 0.0943. The number of aryl methyl sites for hydroxylation is 1. The van der Waals surface area contributed by atoms with Gasteiger partial charge < -0.3 is 5.32 Å². The largest absolute Gasteiger partial charge is 0.352 e. The van der Waals surface area contributed by atoms with Gasteiger partial charge in [-0.2, -0.15) is 0 Å². The highest BCUT2D eigenvalue weighted by atomic mass is 35.5. The SMILES string of the molecule is Cc1ccccc1NS(=O)(=O)c1cc(C(=O)NCC2CCCCC2)ccc1Cl. The number of sulfonamides is 1. The molecule has 1 aliphatic carbocycles. The number of nitrogens with one attached hydrogen (secondary N) is 2. The number of amides is 1. The van der Waals surface area contributed by atoms with Crippen LogP contribution in [0.25, 0.3) is 0 Å². The van der Waals surface area contributed by atoms with E-state index >= 15 is 0 Å². The highest BCUT2D eigenvalue weighted by Gasteiger charge is 2.21. The first kappa shape index (κ1) is 20.7. The lowest BCUT2D eigenvalue weighted by atomic mass is 9.89. The summed E-state index contributed by atoms with van der Waals surface area (Å²) in [5.41, 5.74) is 1.56. The standard InChI is InChI=1S/C21H25ClN2O3S/c1-15-7-5-6-10-19(15)24-28(26,27)20-13-17(11-12-18(20)22)21(25)23-14-16-8-3-2-4-9-16/h5-7,10-13,16,24H,2-4,8-9,14H2,1H3,(H,23,25). The Hall–Kier alpha value is -2.05. The third-order valence-electron chi connectivity index (χ3n) is 5.15. The summed E-state index contributed by atoms with van der Waals surface area (Å²) < 4.78 is 28.2. The van der Waals surface area contributed by atoms with Crippen LogP contribution in [-0.4, -0.2) is 20.9 Å². The molecule has 0 aromatic heterocycles. The topological polar surface area (TPSA) is 75.3 Å². The molecule has 2 N–H and O–H groups in total. The van der Waals surface area contributed by atoms with E-state index in [9.17, 15) is 13.2 Å². The summed E-state index contributed by atoms with van der Waals surface area (Å²) in [7, 11) is -3.92. The number of para-hydroxylation sites is 1. The molecule has 2 aromatic carbocycles. The summed E-state index contributed by atoms with van der Waals surface area (Å²) in [5.74, 6) is 0.213. The molecule has 150 valence electrons. The highest BCUT2D eigenvalue weighted by molar-refractivity contribution is 7.92. The summed E-state index contributed by atoms with van der Waals surface area (Å²) in [6.07, 6.45) is 5.92. The maximum Gasteiger partial charge on any atom is 0.263 e. The van der Waals surface area contributed by atoms with E-state index in [1.807, 2.05) is 19.1 Å². The van der Waals surface area contributed by atoms with Gasteiger partial charge in [-0.3, -0.25) is 9.52 Å². The number of rotatable bonds is 6. The molecule has 0 aliphatic heterocycles. The van der Waals surface area contributed by atoms with Gasteiger partial charge >= 0.3 is 0 Å². The summed E-state index contributed by atoms with van der Waals surface area (Å²) in [6.45, 7) is 2.43. The van der Waals surface area contributed by atoms with E-state index in [0.717, 1.165) is 18.4 Å². The van der Waals surface area contributed by atoms with Gasteiger partial charge in [0.15, 0.2) is 0 Å². The molecule has 7 heteroatoms. The van der Waals surface area contributed by atoms with Crippen LogP contribution in [0.5, 0.6) is 0 Å². The van der Waals surface area contributed by atoms with Crippen LogP contribution in [0.4, 0.5) is 5.69 Å². The van der Waals surface area contributed by atoms with Gasteiger partial charge in [-0.25, -0.2) is 8.42 Å². The van der Waals surface area contributed by atoms with E-state index in [-0.39, 0.29) is 21.4 Å². The number of hydrogen-bond acceptors (Lipinski definition) is 3. The maximum absolute atomic E-state index is 12.8. The average molecular weight is 421 g/mol. The Bertz CT molecular complexity index is 954. The van der Waals surface area contributed by atoms with Crippen LogP contribution in [-0.2, 0) is 10.0 Å². The van der Waals surface area contributed by atoms with Gasteiger partial charge in [0, 0.05) is 12.1 Å². The Balaban J connectivity index is 1.76. The van der Waals surface area contributed by atoms with Crippen molar-refractivity contribution >= 4 is 33.2 Å². The summed E-state index contributed by atoms with van der Waals surface area (Å²) in [4.78, 5) is 12.4. The number of hydrogen-bond donors (Lipinski definition) is 2. The van der Waals surface area contributed by atoms with E-state index < -0.39 is 10.0 Å². The molecule has 0 atom stereocenters. The van der Waals surface area contributed by atoms with Crippen molar-refractivity contribution in [2.45, 2.75) is 43.9 Å². The van der Waals surface area contributed by atoms with Crippen LogP contribution in [0.3, 0.4) is 0 Å². The maximum atomic E-state index is 12.8. The molecule has 0 saturated heterocycles. The predicted molar refractivity (Wildman–Crippen MR) is 112 cm³/mol. The van der Waals surface area contributed by atoms with Crippen molar-refractivity contribution in [3.8, 4) is 0 Å². The molecular formula is C21H25ClN2O3S. The van der Waals surface area contributed by atoms with E-state index in [1.165, 1.54) is 31.4 Å². The first-order chi connectivity index (χ1) is 13.4. The number of halogens is 1. The second-order valence-electron chi connectivity index (χ2n) is 7.28. The lowest BCUT2D eigenvalue weighted by Crippen LogP contribution is -2.30. The third-order valence-corrected chi connectivity index (χ3v) is 7.00. The summed E-state index contributed by atoms with van der Waals surface area (Å²) in [6, 6.07) is 11.4. The van der Waals surface area contributed by atoms with Crippen LogP contribution in [0.2, 0.25) is 5.02 Å². The average Bonchev–Trinajstić information content (AvgIpc) is 2.69. The van der Waals surface area contributed by atoms with E-state index in [4.69, 9.17) is 11.6 Å². The molecule has 0 unspecified atom stereocenters. The van der Waals surface area contributed by atoms with E-state index in [0.29, 0.717) is 18.2 Å². The second kappa shape index (κ2) is 8.97. The quantitative estimate of drug-likeness (QED) is 0.707. The Morgan fingerprint density at radius 3 is 2.54 bits per heavy atom. The predicted octanol–water partition coefficient (Wildman–Crippen LogP) is 4.76. The van der Waals surface area contributed by atoms with Gasteiger partial charge in [0.1, 0.15) is 4.90 Å².